The molecule has 1 heterocycles. The van der Waals surface area contributed by atoms with Gasteiger partial charge in [-0.3, -0.25) is 4.79 Å². The number of phenols is 1. The standard InChI is InChI=1S/C18H19NO2/c20-17-11-5-4-10-16(17)18(21)19-12-6-9-15(19)13-14-7-2-1-3-8-14/h1-5,7-8,10-11,15,20H,6,9,12-13H2/t15-/m1/s1. The molecule has 1 atom stereocenters. The summed E-state index contributed by atoms with van der Waals surface area (Å²) in [4.78, 5) is 14.5. The molecule has 0 spiro atoms. The fraction of sp³-hybridized carbons (Fsp3) is 0.278. The third-order valence-electron chi connectivity index (χ3n) is 4.09. The highest BCUT2D eigenvalue weighted by atomic mass is 16.3. The number of nitrogens with zero attached hydrogens (tertiary/aromatic N) is 1. The highest BCUT2D eigenvalue weighted by Gasteiger charge is 2.30. The maximum absolute atomic E-state index is 12.6. The van der Waals surface area contributed by atoms with Gasteiger partial charge >= 0.3 is 0 Å². The third kappa shape index (κ3) is 2.92. The minimum Gasteiger partial charge on any atom is -0.507 e. The van der Waals surface area contributed by atoms with Crippen molar-refractivity contribution in [2.75, 3.05) is 6.54 Å². The van der Waals surface area contributed by atoms with Crippen molar-refractivity contribution in [3.63, 3.8) is 0 Å². The average molecular weight is 281 g/mol. The second-order valence-corrected chi connectivity index (χ2v) is 5.50. The van der Waals surface area contributed by atoms with Crippen molar-refractivity contribution in [2.24, 2.45) is 0 Å². The van der Waals surface area contributed by atoms with E-state index in [4.69, 9.17) is 0 Å². The monoisotopic (exact) mass is 281 g/mol. The number of phenolic OH excluding ortho intramolecular Hbond substituents is 1. The van der Waals surface area contributed by atoms with Crippen LogP contribution >= 0.6 is 0 Å². The van der Waals surface area contributed by atoms with Crippen LogP contribution in [0, 0.1) is 0 Å². The van der Waals surface area contributed by atoms with Crippen LogP contribution in [0.1, 0.15) is 28.8 Å². The van der Waals surface area contributed by atoms with Crippen molar-refractivity contribution < 1.29 is 9.90 Å². The molecule has 21 heavy (non-hydrogen) atoms. The van der Waals surface area contributed by atoms with E-state index in [2.05, 4.69) is 12.1 Å². The van der Waals surface area contributed by atoms with E-state index in [-0.39, 0.29) is 17.7 Å². The van der Waals surface area contributed by atoms with Gasteiger partial charge in [-0.05, 0) is 37.0 Å². The van der Waals surface area contributed by atoms with Gasteiger partial charge in [0.2, 0.25) is 0 Å². The Bertz CT molecular complexity index is 624. The van der Waals surface area contributed by atoms with Crippen LogP contribution in [0.3, 0.4) is 0 Å². The number of hydrogen-bond donors (Lipinski definition) is 1. The fourth-order valence-electron chi connectivity index (χ4n) is 3.01. The lowest BCUT2D eigenvalue weighted by atomic mass is 10.0. The van der Waals surface area contributed by atoms with Gasteiger partial charge in [-0.2, -0.15) is 0 Å². The fourth-order valence-corrected chi connectivity index (χ4v) is 3.01. The van der Waals surface area contributed by atoms with Crippen molar-refractivity contribution in [2.45, 2.75) is 25.3 Å². The molecular weight excluding hydrogens is 262 g/mol. The van der Waals surface area contributed by atoms with E-state index in [1.54, 1.807) is 24.3 Å². The predicted octanol–water partition coefficient (Wildman–Crippen LogP) is 3.24. The smallest absolute Gasteiger partial charge is 0.257 e. The Kier molecular flexibility index (Phi) is 3.91. The van der Waals surface area contributed by atoms with Crippen LogP contribution < -0.4 is 0 Å². The van der Waals surface area contributed by atoms with Crippen molar-refractivity contribution >= 4 is 5.91 Å². The molecule has 1 aliphatic heterocycles. The highest BCUT2D eigenvalue weighted by Crippen LogP contribution is 2.26. The Balaban J connectivity index is 1.78. The first-order valence-corrected chi connectivity index (χ1v) is 7.38. The number of para-hydroxylation sites is 1. The molecule has 2 aromatic rings. The lowest BCUT2D eigenvalue weighted by molar-refractivity contribution is 0.0733. The molecule has 0 saturated carbocycles. The summed E-state index contributed by atoms with van der Waals surface area (Å²) in [6, 6.07) is 17.3. The summed E-state index contributed by atoms with van der Waals surface area (Å²) in [5.74, 6) is -0.000563. The van der Waals surface area contributed by atoms with Crippen LogP contribution in [0.2, 0.25) is 0 Å². The molecule has 1 saturated heterocycles. The molecule has 1 fully saturated rings. The average Bonchev–Trinajstić information content (AvgIpc) is 2.96. The predicted molar refractivity (Wildman–Crippen MR) is 82.3 cm³/mol. The molecular formula is C18H19NO2. The quantitative estimate of drug-likeness (QED) is 0.938. The zero-order valence-corrected chi connectivity index (χ0v) is 11.9. The summed E-state index contributed by atoms with van der Waals surface area (Å²) in [7, 11) is 0. The van der Waals surface area contributed by atoms with Crippen LogP contribution in [0.4, 0.5) is 0 Å². The number of rotatable bonds is 3. The van der Waals surface area contributed by atoms with Crippen molar-refractivity contribution in [1.82, 2.24) is 4.90 Å². The van der Waals surface area contributed by atoms with Gasteiger partial charge in [0.05, 0.1) is 5.56 Å². The Morgan fingerprint density at radius 1 is 1.10 bits per heavy atom. The van der Waals surface area contributed by atoms with E-state index >= 15 is 0 Å². The molecule has 0 radical (unpaired) electrons. The summed E-state index contributed by atoms with van der Waals surface area (Å²) in [6.07, 6.45) is 2.92. The summed E-state index contributed by atoms with van der Waals surface area (Å²) >= 11 is 0. The third-order valence-corrected chi connectivity index (χ3v) is 4.09. The van der Waals surface area contributed by atoms with Gasteiger partial charge in [0.15, 0.2) is 0 Å². The van der Waals surface area contributed by atoms with Crippen LogP contribution in [-0.2, 0) is 6.42 Å². The normalized spacial score (nSPS) is 17.9. The number of carbonyl (C=O) groups excluding carboxylic acids is 1. The number of aromatic hydroxyl groups is 1. The Morgan fingerprint density at radius 2 is 1.81 bits per heavy atom. The van der Waals surface area contributed by atoms with E-state index in [0.717, 1.165) is 25.8 Å². The van der Waals surface area contributed by atoms with E-state index in [1.165, 1.54) is 5.56 Å². The second-order valence-electron chi connectivity index (χ2n) is 5.50. The summed E-state index contributed by atoms with van der Waals surface area (Å²) in [5.41, 5.74) is 1.65. The largest absolute Gasteiger partial charge is 0.507 e. The molecule has 3 nitrogen and oxygen atoms in total. The molecule has 1 N–H and O–H groups in total. The van der Waals surface area contributed by atoms with Crippen LogP contribution in [0.5, 0.6) is 5.75 Å². The van der Waals surface area contributed by atoms with Gasteiger partial charge in [-0.1, -0.05) is 42.5 Å². The second kappa shape index (κ2) is 6.00. The van der Waals surface area contributed by atoms with Crippen LogP contribution in [0.25, 0.3) is 0 Å². The lowest BCUT2D eigenvalue weighted by Crippen LogP contribution is -2.36. The number of hydrogen-bond acceptors (Lipinski definition) is 2. The molecule has 0 unspecified atom stereocenters. The minimum absolute atomic E-state index is 0.0628. The molecule has 0 aromatic heterocycles. The maximum Gasteiger partial charge on any atom is 0.257 e. The summed E-state index contributed by atoms with van der Waals surface area (Å²) < 4.78 is 0. The van der Waals surface area contributed by atoms with Crippen molar-refractivity contribution in [3.8, 4) is 5.75 Å². The first-order valence-electron chi connectivity index (χ1n) is 7.38. The van der Waals surface area contributed by atoms with Gasteiger partial charge in [0.1, 0.15) is 5.75 Å². The van der Waals surface area contributed by atoms with Gasteiger partial charge in [-0.15, -0.1) is 0 Å². The number of likely N-dealkylation sites (tertiary alicyclic amines) is 1. The summed E-state index contributed by atoms with van der Waals surface area (Å²) in [6.45, 7) is 0.769. The van der Waals surface area contributed by atoms with Crippen LogP contribution in [-0.4, -0.2) is 28.5 Å². The topological polar surface area (TPSA) is 40.5 Å². The molecule has 1 aliphatic rings. The lowest BCUT2D eigenvalue weighted by Gasteiger charge is -2.25. The van der Waals surface area contributed by atoms with Crippen molar-refractivity contribution in [3.05, 3.63) is 65.7 Å². The Labute approximate surface area is 124 Å². The first-order chi connectivity index (χ1) is 10.3. The minimum atomic E-state index is -0.0634. The molecule has 3 heteroatoms. The van der Waals surface area contributed by atoms with E-state index in [9.17, 15) is 9.90 Å². The number of amides is 1. The molecule has 2 aromatic carbocycles. The zero-order valence-electron chi connectivity index (χ0n) is 11.9. The van der Waals surface area contributed by atoms with Gasteiger partial charge in [0, 0.05) is 12.6 Å². The number of benzene rings is 2. The maximum atomic E-state index is 12.6. The summed E-state index contributed by atoms with van der Waals surface area (Å²) in [5, 5.41) is 9.87. The Hall–Kier alpha value is -2.29. The number of carbonyl (C=O) groups is 1. The van der Waals surface area contributed by atoms with Gasteiger partial charge < -0.3 is 10.0 Å². The molecule has 0 bridgehead atoms. The van der Waals surface area contributed by atoms with E-state index in [0.29, 0.717) is 5.56 Å². The van der Waals surface area contributed by atoms with E-state index in [1.807, 2.05) is 23.1 Å². The van der Waals surface area contributed by atoms with Crippen LogP contribution in [0.15, 0.2) is 54.6 Å². The SMILES string of the molecule is O=C(c1ccccc1O)N1CCC[C@@H]1Cc1ccccc1. The van der Waals surface area contributed by atoms with Crippen molar-refractivity contribution in [1.29, 1.82) is 0 Å². The molecule has 0 aliphatic carbocycles. The van der Waals surface area contributed by atoms with E-state index < -0.39 is 0 Å². The highest BCUT2D eigenvalue weighted by molar-refractivity contribution is 5.97. The first kappa shape index (κ1) is 13.7. The molecule has 1 amide bonds. The Morgan fingerprint density at radius 3 is 2.57 bits per heavy atom. The molecule has 3 rings (SSSR count). The molecule has 108 valence electrons. The van der Waals surface area contributed by atoms with Gasteiger partial charge in [-0.25, -0.2) is 0 Å². The van der Waals surface area contributed by atoms with Gasteiger partial charge in [0.25, 0.3) is 5.91 Å². The zero-order chi connectivity index (χ0) is 14.7.